The third kappa shape index (κ3) is 5.51. The Balaban J connectivity index is 2.67. The van der Waals surface area contributed by atoms with Crippen molar-refractivity contribution in [1.29, 1.82) is 0 Å². The maximum Gasteiger partial charge on any atom is 0.123 e. The summed E-state index contributed by atoms with van der Waals surface area (Å²) < 4.78 is 6.80. The lowest BCUT2D eigenvalue weighted by atomic mass is 10.0. The predicted molar refractivity (Wildman–Crippen MR) is 82.5 cm³/mol. The smallest absolute Gasteiger partial charge is 0.123 e. The zero-order chi connectivity index (χ0) is 14.3. The maximum absolute atomic E-state index is 9.15. The lowest BCUT2D eigenvalue weighted by Gasteiger charge is -2.20. The second-order valence-corrected chi connectivity index (χ2v) is 5.85. The van der Waals surface area contributed by atoms with Gasteiger partial charge in [-0.3, -0.25) is 0 Å². The molecule has 0 saturated heterocycles. The first kappa shape index (κ1) is 16.5. The first-order chi connectivity index (χ1) is 9.08. The maximum atomic E-state index is 9.15. The summed E-state index contributed by atoms with van der Waals surface area (Å²) in [5.41, 5.74) is 1.14. The SMILES string of the molecule is CCCOc1ccc(Br)cc1CNC(C)C(C)CO. The van der Waals surface area contributed by atoms with E-state index in [2.05, 4.69) is 41.2 Å². The van der Waals surface area contributed by atoms with Gasteiger partial charge in [0.05, 0.1) is 6.61 Å². The molecular weight excluding hydrogens is 306 g/mol. The third-order valence-electron chi connectivity index (χ3n) is 3.24. The second-order valence-electron chi connectivity index (χ2n) is 4.93. The van der Waals surface area contributed by atoms with Crippen LogP contribution in [0.4, 0.5) is 0 Å². The fourth-order valence-corrected chi connectivity index (χ4v) is 2.08. The van der Waals surface area contributed by atoms with Crippen molar-refractivity contribution in [3.63, 3.8) is 0 Å². The number of ether oxygens (including phenoxy) is 1. The molecule has 0 aliphatic heterocycles. The van der Waals surface area contributed by atoms with Crippen molar-refractivity contribution in [3.05, 3.63) is 28.2 Å². The van der Waals surface area contributed by atoms with Gasteiger partial charge in [0.1, 0.15) is 5.75 Å². The highest BCUT2D eigenvalue weighted by atomic mass is 79.9. The van der Waals surface area contributed by atoms with Gasteiger partial charge >= 0.3 is 0 Å². The molecule has 0 amide bonds. The Morgan fingerprint density at radius 3 is 2.74 bits per heavy atom. The molecule has 1 aromatic rings. The lowest BCUT2D eigenvalue weighted by Crippen LogP contribution is -2.33. The molecule has 0 aliphatic rings. The molecule has 1 aromatic carbocycles. The number of benzene rings is 1. The minimum Gasteiger partial charge on any atom is -0.493 e. The number of halogens is 1. The van der Waals surface area contributed by atoms with E-state index < -0.39 is 0 Å². The van der Waals surface area contributed by atoms with Gasteiger partial charge in [0.25, 0.3) is 0 Å². The molecule has 0 bridgehead atoms. The first-order valence-corrected chi connectivity index (χ1v) is 7.63. The Kier molecular flexibility index (Phi) is 7.42. The van der Waals surface area contributed by atoms with Crippen LogP contribution in [0.15, 0.2) is 22.7 Å². The molecule has 0 radical (unpaired) electrons. The van der Waals surface area contributed by atoms with Gasteiger partial charge in [-0.1, -0.05) is 29.8 Å². The van der Waals surface area contributed by atoms with Crippen molar-refractivity contribution >= 4 is 15.9 Å². The molecule has 108 valence electrons. The molecule has 2 unspecified atom stereocenters. The van der Waals surface area contributed by atoms with Crippen LogP contribution in [0.3, 0.4) is 0 Å². The number of aliphatic hydroxyl groups excluding tert-OH is 1. The van der Waals surface area contributed by atoms with Crippen LogP contribution in [-0.2, 0) is 6.54 Å². The highest BCUT2D eigenvalue weighted by Gasteiger charge is 2.12. The molecule has 2 atom stereocenters. The quantitative estimate of drug-likeness (QED) is 0.768. The molecule has 0 aromatic heterocycles. The van der Waals surface area contributed by atoms with Crippen molar-refractivity contribution in [2.24, 2.45) is 5.92 Å². The van der Waals surface area contributed by atoms with E-state index in [1.807, 2.05) is 19.1 Å². The van der Waals surface area contributed by atoms with Crippen molar-refractivity contribution in [2.75, 3.05) is 13.2 Å². The summed E-state index contributed by atoms with van der Waals surface area (Å²) in [5.74, 6) is 1.17. The van der Waals surface area contributed by atoms with Crippen LogP contribution in [0.2, 0.25) is 0 Å². The number of hydrogen-bond donors (Lipinski definition) is 2. The minimum atomic E-state index is 0.200. The number of hydrogen-bond acceptors (Lipinski definition) is 3. The van der Waals surface area contributed by atoms with E-state index in [1.54, 1.807) is 0 Å². The van der Waals surface area contributed by atoms with Crippen molar-refractivity contribution in [1.82, 2.24) is 5.32 Å². The van der Waals surface area contributed by atoms with Gasteiger partial charge in [0.2, 0.25) is 0 Å². The summed E-state index contributed by atoms with van der Waals surface area (Å²) in [6.45, 7) is 7.90. The van der Waals surface area contributed by atoms with E-state index in [1.165, 1.54) is 0 Å². The van der Waals surface area contributed by atoms with Crippen molar-refractivity contribution < 1.29 is 9.84 Å². The van der Waals surface area contributed by atoms with Gasteiger partial charge in [0, 0.05) is 29.2 Å². The average Bonchev–Trinajstić information content (AvgIpc) is 2.42. The summed E-state index contributed by atoms with van der Waals surface area (Å²) in [6.07, 6.45) is 1.00. The Hall–Kier alpha value is -0.580. The van der Waals surface area contributed by atoms with E-state index in [4.69, 9.17) is 9.84 Å². The molecule has 0 spiro atoms. The molecule has 0 saturated carbocycles. The molecule has 3 nitrogen and oxygen atoms in total. The van der Waals surface area contributed by atoms with Crippen LogP contribution in [-0.4, -0.2) is 24.4 Å². The molecule has 4 heteroatoms. The number of aliphatic hydroxyl groups is 1. The summed E-state index contributed by atoms with van der Waals surface area (Å²) in [5, 5.41) is 12.6. The van der Waals surface area contributed by atoms with Crippen LogP contribution >= 0.6 is 15.9 Å². The average molecular weight is 330 g/mol. The normalized spacial score (nSPS) is 14.2. The molecule has 0 heterocycles. The topological polar surface area (TPSA) is 41.5 Å². The van der Waals surface area contributed by atoms with Crippen LogP contribution < -0.4 is 10.1 Å². The van der Waals surface area contributed by atoms with E-state index in [9.17, 15) is 0 Å². The van der Waals surface area contributed by atoms with Gasteiger partial charge < -0.3 is 15.2 Å². The molecule has 2 N–H and O–H groups in total. The standard InChI is InChI=1S/C15H24BrNO2/c1-4-7-19-15-6-5-14(16)8-13(15)9-17-12(3)11(2)10-18/h5-6,8,11-12,17-18H,4,7,9-10H2,1-3H3. The van der Waals surface area contributed by atoms with Gasteiger partial charge in [-0.25, -0.2) is 0 Å². The number of nitrogens with one attached hydrogen (secondary N) is 1. The summed E-state index contributed by atoms with van der Waals surface area (Å²) in [6, 6.07) is 6.34. The molecule has 19 heavy (non-hydrogen) atoms. The van der Waals surface area contributed by atoms with E-state index >= 15 is 0 Å². The van der Waals surface area contributed by atoms with Gasteiger partial charge in [-0.05, 0) is 37.5 Å². The summed E-state index contributed by atoms with van der Waals surface area (Å²) in [4.78, 5) is 0. The fourth-order valence-electron chi connectivity index (χ4n) is 1.67. The van der Waals surface area contributed by atoms with Gasteiger partial charge in [0.15, 0.2) is 0 Å². The molecular formula is C15H24BrNO2. The van der Waals surface area contributed by atoms with Gasteiger partial charge in [-0.2, -0.15) is 0 Å². The van der Waals surface area contributed by atoms with Crippen LogP contribution in [0.5, 0.6) is 5.75 Å². The van der Waals surface area contributed by atoms with Crippen LogP contribution in [0.25, 0.3) is 0 Å². The van der Waals surface area contributed by atoms with Crippen LogP contribution in [0, 0.1) is 5.92 Å². The Labute approximate surface area is 124 Å². The Morgan fingerprint density at radius 1 is 1.37 bits per heavy atom. The lowest BCUT2D eigenvalue weighted by molar-refractivity contribution is 0.206. The highest BCUT2D eigenvalue weighted by Crippen LogP contribution is 2.23. The van der Waals surface area contributed by atoms with Crippen molar-refractivity contribution in [2.45, 2.75) is 39.8 Å². The molecule has 1 rings (SSSR count). The largest absolute Gasteiger partial charge is 0.493 e. The highest BCUT2D eigenvalue weighted by molar-refractivity contribution is 9.10. The fraction of sp³-hybridized carbons (Fsp3) is 0.600. The number of rotatable bonds is 8. The van der Waals surface area contributed by atoms with E-state index in [0.717, 1.165) is 35.4 Å². The monoisotopic (exact) mass is 329 g/mol. The summed E-state index contributed by atoms with van der Waals surface area (Å²) >= 11 is 3.49. The van der Waals surface area contributed by atoms with Crippen molar-refractivity contribution in [3.8, 4) is 5.75 Å². The minimum absolute atomic E-state index is 0.200. The third-order valence-corrected chi connectivity index (χ3v) is 3.73. The summed E-state index contributed by atoms with van der Waals surface area (Å²) in [7, 11) is 0. The van der Waals surface area contributed by atoms with Crippen LogP contribution in [0.1, 0.15) is 32.8 Å². The second kappa shape index (κ2) is 8.56. The van der Waals surface area contributed by atoms with E-state index in [0.29, 0.717) is 0 Å². The van der Waals surface area contributed by atoms with E-state index in [-0.39, 0.29) is 18.6 Å². The molecule has 0 aliphatic carbocycles. The van der Waals surface area contributed by atoms with Gasteiger partial charge in [-0.15, -0.1) is 0 Å². The zero-order valence-corrected chi connectivity index (χ0v) is 13.5. The first-order valence-electron chi connectivity index (χ1n) is 6.84. The zero-order valence-electron chi connectivity index (χ0n) is 11.9. The predicted octanol–water partition coefficient (Wildman–Crippen LogP) is 3.34. The molecule has 0 fully saturated rings. The Bertz CT molecular complexity index is 384. The Morgan fingerprint density at radius 2 is 2.11 bits per heavy atom.